The SMILES string of the molecule is Cl.Cl.NCC(N)CCC(=O)O.NCCCC(N)C(=O)O. The van der Waals surface area contributed by atoms with Crippen molar-refractivity contribution in [2.75, 3.05) is 13.1 Å². The van der Waals surface area contributed by atoms with E-state index in [4.69, 9.17) is 33.1 Å². The first-order valence-electron chi connectivity index (χ1n) is 5.71. The van der Waals surface area contributed by atoms with Gasteiger partial charge in [-0.15, -0.1) is 24.8 Å². The number of carboxylic acid groups (broad SMARTS) is 2. The molecule has 0 aromatic rings. The second-order valence-corrected chi connectivity index (χ2v) is 3.80. The summed E-state index contributed by atoms with van der Waals surface area (Å²) in [5, 5.41) is 16.4. The van der Waals surface area contributed by atoms with Crippen LogP contribution in [-0.4, -0.2) is 47.3 Å². The number of carbonyl (C=O) groups is 2. The Morgan fingerprint density at radius 2 is 1.50 bits per heavy atom. The average molecular weight is 337 g/mol. The van der Waals surface area contributed by atoms with Gasteiger partial charge in [-0.2, -0.15) is 0 Å². The molecule has 0 bridgehead atoms. The molecule has 20 heavy (non-hydrogen) atoms. The van der Waals surface area contributed by atoms with E-state index in [0.717, 1.165) is 0 Å². The summed E-state index contributed by atoms with van der Waals surface area (Å²) in [6, 6.07) is -0.908. The van der Waals surface area contributed by atoms with Gasteiger partial charge in [-0.25, -0.2) is 0 Å². The lowest BCUT2D eigenvalue weighted by molar-refractivity contribution is -0.139. The number of hydrogen-bond acceptors (Lipinski definition) is 6. The minimum atomic E-state index is -0.955. The first kappa shape index (κ1) is 27.7. The lowest BCUT2D eigenvalue weighted by Gasteiger charge is -2.03. The van der Waals surface area contributed by atoms with Gasteiger partial charge in [0.05, 0.1) is 0 Å². The Balaban J connectivity index is -0.000000116. The average Bonchev–Trinajstić information content (AvgIpc) is 2.33. The molecule has 10 N–H and O–H groups in total. The standard InChI is InChI=1S/2C5H12N2O2.2ClH/c6-3-4(7)1-2-5(8)9;6-3-1-2-4(7)5(8)9;;/h2*4H,1-3,6-7H2,(H,8,9);2*1H. The molecule has 2 unspecified atom stereocenters. The van der Waals surface area contributed by atoms with Gasteiger partial charge in [-0.1, -0.05) is 0 Å². The number of halogens is 2. The number of hydrogen-bond donors (Lipinski definition) is 6. The molecule has 8 nitrogen and oxygen atoms in total. The van der Waals surface area contributed by atoms with E-state index in [9.17, 15) is 9.59 Å². The number of rotatable bonds is 8. The largest absolute Gasteiger partial charge is 0.481 e. The summed E-state index contributed by atoms with van der Waals surface area (Å²) in [6.45, 7) is 0.855. The van der Waals surface area contributed by atoms with E-state index in [2.05, 4.69) is 0 Å². The zero-order chi connectivity index (χ0) is 14.6. The summed E-state index contributed by atoms with van der Waals surface area (Å²) in [5.74, 6) is -1.78. The Labute approximate surface area is 131 Å². The monoisotopic (exact) mass is 336 g/mol. The van der Waals surface area contributed by atoms with Gasteiger partial charge in [-0.05, 0) is 25.8 Å². The second-order valence-electron chi connectivity index (χ2n) is 3.80. The van der Waals surface area contributed by atoms with Crippen LogP contribution in [0.1, 0.15) is 25.7 Å². The molecule has 0 aromatic carbocycles. The molecule has 10 heteroatoms. The highest BCUT2D eigenvalue weighted by Crippen LogP contribution is 1.91. The lowest BCUT2D eigenvalue weighted by Crippen LogP contribution is -2.30. The first-order chi connectivity index (χ1) is 8.34. The van der Waals surface area contributed by atoms with Gasteiger partial charge in [-0.3, -0.25) is 9.59 Å². The Bertz CT molecular complexity index is 247. The van der Waals surface area contributed by atoms with Crippen LogP contribution in [0.15, 0.2) is 0 Å². The third-order valence-corrected chi connectivity index (χ3v) is 2.07. The van der Waals surface area contributed by atoms with Crippen LogP contribution in [0.25, 0.3) is 0 Å². The van der Waals surface area contributed by atoms with E-state index in [-0.39, 0.29) is 37.3 Å². The van der Waals surface area contributed by atoms with Crippen molar-refractivity contribution >= 4 is 36.8 Å². The molecule has 0 radical (unpaired) electrons. The molecule has 0 aromatic heterocycles. The predicted molar refractivity (Wildman–Crippen MR) is 82.3 cm³/mol. The van der Waals surface area contributed by atoms with Crippen LogP contribution < -0.4 is 22.9 Å². The number of carboxylic acids is 2. The lowest BCUT2D eigenvalue weighted by atomic mass is 10.2. The predicted octanol–water partition coefficient (Wildman–Crippen LogP) is -0.882. The van der Waals surface area contributed by atoms with E-state index in [0.29, 0.717) is 32.4 Å². The van der Waals surface area contributed by atoms with Gasteiger partial charge in [0.25, 0.3) is 0 Å². The van der Waals surface area contributed by atoms with E-state index in [1.807, 2.05) is 0 Å². The third kappa shape index (κ3) is 22.5. The summed E-state index contributed by atoms with van der Waals surface area (Å²) < 4.78 is 0. The molecule has 0 saturated heterocycles. The van der Waals surface area contributed by atoms with Crippen molar-refractivity contribution in [3.05, 3.63) is 0 Å². The van der Waals surface area contributed by atoms with Crippen LogP contribution in [0, 0.1) is 0 Å². The second kappa shape index (κ2) is 18.4. The maximum Gasteiger partial charge on any atom is 0.320 e. The molecule has 0 aliphatic heterocycles. The Kier molecular flexibility index (Phi) is 25.4. The van der Waals surface area contributed by atoms with Crippen LogP contribution in [0.4, 0.5) is 0 Å². The first-order valence-corrected chi connectivity index (χ1v) is 5.71. The van der Waals surface area contributed by atoms with E-state index in [1.165, 1.54) is 0 Å². The van der Waals surface area contributed by atoms with Crippen LogP contribution >= 0.6 is 24.8 Å². The summed E-state index contributed by atoms with van der Waals surface area (Å²) in [7, 11) is 0. The van der Waals surface area contributed by atoms with Crippen molar-refractivity contribution < 1.29 is 19.8 Å². The maximum atomic E-state index is 10.0. The van der Waals surface area contributed by atoms with Crippen molar-refractivity contribution in [3.63, 3.8) is 0 Å². The van der Waals surface area contributed by atoms with Crippen molar-refractivity contribution in [2.45, 2.75) is 37.8 Å². The molecule has 0 amide bonds. The van der Waals surface area contributed by atoms with Gasteiger partial charge >= 0.3 is 11.9 Å². The van der Waals surface area contributed by atoms with Crippen LogP contribution in [0.3, 0.4) is 0 Å². The van der Waals surface area contributed by atoms with Crippen LogP contribution in [0.2, 0.25) is 0 Å². The molecule has 0 saturated carbocycles. The molecule has 0 rings (SSSR count). The van der Waals surface area contributed by atoms with Crippen LogP contribution in [-0.2, 0) is 9.59 Å². The summed E-state index contributed by atoms with van der Waals surface area (Å²) in [5.41, 5.74) is 20.7. The zero-order valence-electron chi connectivity index (χ0n) is 11.2. The smallest absolute Gasteiger partial charge is 0.320 e. The molecule has 0 heterocycles. The van der Waals surface area contributed by atoms with E-state index >= 15 is 0 Å². The maximum absolute atomic E-state index is 10.0. The molecular formula is C10H26Cl2N4O4. The normalized spacial score (nSPS) is 11.8. The molecule has 2 atom stereocenters. The fraction of sp³-hybridized carbons (Fsp3) is 0.800. The molecule has 124 valence electrons. The highest BCUT2D eigenvalue weighted by molar-refractivity contribution is 5.85. The number of nitrogens with two attached hydrogens (primary N) is 4. The Hall–Kier alpha value is -0.640. The highest BCUT2D eigenvalue weighted by atomic mass is 35.5. The van der Waals surface area contributed by atoms with Gasteiger partial charge < -0.3 is 33.1 Å². The fourth-order valence-corrected chi connectivity index (χ4v) is 0.888. The molecule has 0 aliphatic carbocycles. The van der Waals surface area contributed by atoms with Gasteiger partial charge in [0.1, 0.15) is 6.04 Å². The van der Waals surface area contributed by atoms with E-state index in [1.54, 1.807) is 0 Å². The summed E-state index contributed by atoms with van der Waals surface area (Å²) in [6.07, 6.45) is 1.71. The van der Waals surface area contributed by atoms with Crippen LogP contribution in [0.5, 0.6) is 0 Å². The summed E-state index contributed by atoms with van der Waals surface area (Å²) in [4.78, 5) is 20.0. The Morgan fingerprint density at radius 3 is 1.80 bits per heavy atom. The van der Waals surface area contributed by atoms with Gasteiger partial charge in [0, 0.05) is 19.0 Å². The van der Waals surface area contributed by atoms with Crippen molar-refractivity contribution in [3.8, 4) is 0 Å². The Morgan fingerprint density at radius 1 is 1.00 bits per heavy atom. The van der Waals surface area contributed by atoms with Gasteiger partial charge in [0.15, 0.2) is 0 Å². The van der Waals surface area contributed by atoms with Gasteiger partial charge in [0.2, 0.25) is 0 Å². The fourth-order valence-electron chi connectivity index (χ4n) is 0.888. The quantitative estimate of drug-likeness (QED) is 0.330. The molecule has 0 spiro atoms. The third-order valence-electron chi connectivity index (χ3n) is 2.07. The zero-order valence-corrected chi connectivity index (χ0v) is 12.9. The molecule has 0 fully saturated rings. The molecule has 0 aliphatic rings. The highest BCUT2D eigenvalue weighted by Gasteiger charge is 2.08. The van der Waals surface area contributed by atoms with Crippen molar-refractivity contribution in [1.29, 1.82) is 0 Å². The molecular weight excluding hydrogens is 311 g/mol. The van der Waals surface area contributed by atoms with E-state index < -0.39 is 18.0 Å². The number of aliphatic carboxylic acids is 2. The minimum Gasteiger partial charge on any atom is -0.481 e. The van der Waals surface area contributed by atoms with Crippen molar-refractivity contribution in [1.82, 2.24) is 0 Å². The summed E-state index contributed by atoms with van der Waals surface area (Å²) >= 11 is 0. The minimum absolute atomic E-state index is 0. The van der Waals surface area contributed by atoms with Crippen molar-refractivity contribution in [2.24, 2.45) is 22.9 Å². The topological polar surface area (TPSA) is 179 Å².